The number of methoxy groups -OCH3 is 1. The summed E-state index contributed by atoms with van der Waals surface area (Å²) in [5.41, 5.74) is 0. The number of aliphatic hydroxyl groups is 1. The van der Waals surface area contributed by atoms with Crippen LogP contribution in [0.5, 0.6) is 0 Å². The van der Waals surface area contributed by atoms with Crippen molar-refractivity contribution in [3.63, 3.8) is 0 Å². The Hall–Kier alpha value is -0.830. The third-order valence-electron chi connectivity index (χ3n) is 6.45. The van der Waals surface area contributed by atoms with Crippen LogP contribution in [-0.2, 0) is 9.53 Å². The van der Waals surface area contributed by atoms with Gasteiger partial charge in [0.25, 0.3) is 0 Å². The molecule has 0 saturated carbocycles. The number of ether oxygens (including phenoxy) is 1. The van der Waals surface area contributed by atoms with E-state index in [9.17, 15) is 9.90 Å². The SMILES string of the molecule is CCCCCCCCCC(O)CCCCCCCC/C=C\CCCCCCCC(=O)OC. The van der Waals surface area contributed by atoms with Gasteiger partial charge in [-0.15, -0.1) is 0 Å². The van der Waals surface area contributed by atoms with E-state index in [0.29, 0.717) is 6.42 Å². The molecule has 0 amide bonds. The molecule has 0 radical (unpaired) electrons. The van der Waals surface area contributed by atoms with E-state index in [1.165, 1.54) is 123 Å². The van der Waals surface area contributed by atoms with Gasteiger partial charge in [-0.05, 0) is 44.9 Å². The summed E-state index contributed by atoms with van der Waals surface area (Å²) in [7, 11) is 1.46. The van der Waals surface area contributed by atoms with E-state index in [1.807, 2.05) is 0 Å². The van der Waals surface area contributed by atoms with Gasteiger partial charge in [0.2, 0.25) is 0 Å². The monoisotopic (exact) mass is 452 g/mol. The summed E-state index contributed by atoms with van der Waals surface area (Å²) in [5, 5.41) is 10.1. The zero-order valence-electron chi connectivity index (χ0n) is 21.8. The highest BCUT2D eigenvalue weighted by Gasteiger charge is 2.03. The van der Waals surface area contributed by atoms with Crippen molar-refractivity contribution in [2.24, 2.45) is 0 Å². The zero-order chi connectivity index (χ0) is 23.5. The number of esters is 1. The van der Waals surface area contributed by atoms with Gasteiger partial charge in [0.05, 0.1) is 13.2 Å². The summed E-state index contributed by atoms with van der Waals surface area (Å²) in [4.78, 5) is 11.0. The molecule has 0 fully saturated rings. The number of aliphatic hydroxyl groups excluding tert-OH is 1. The summed E-state index contributed by atoms with van der Waals surface area (Å²) in [6.45, 7) is 2.26. The molecule has 0 aliphatic carbocycles. The lowest BCUT2D eigenvalue weighted by Crippen LogP contribution is -2.05. The maximum Gasteiger partial charge on any atom is 0.305 e. The summed E-state index contributed by atoms with van der Waals surface area (Å²) in [6, 6.07) is 0. The lowest BCUT2D eigenvalue weighted by molar-refractivity contribution is -0.140. The highest BCUT2D eigenvalue weighted by Crippen LogP contribution is 2.15. The van der Waals surface area contributed by atoms with Crippen LogP contribution in [0.15, 0.2) is 12.2 Å². The Bertz CT molecular complexity index is 405. The molecule has 190 valence electrons. The molecule has 32 heavy (non-hydrogen) atoms. The molecular weight excluding hydrogens is 396 g/mol. The van der Waals surface area contributed by atoms with Gasteiger partial charge >= 0.3 is 5.97 Å². The minimum Gasteiger partial charge on any atom is -0.469 e. The van der Waals surface area contributed by atoms with E-state index >= 15 is 0 Å². The molecular formula is C29H56O3. The first-order valence-electron chi connectivity index (χ1n) is 14.1. The lowest BCUT2D eigenvalue weighted by atomic mass is 10.0. The Balaban J connectivity index is 3.21. The molecule has 3 nitrogen and oxygen atoms in total. The Morgan fingerprint density at radius 3 is 1.53 bits per heavy atom. The summed E-state index contributed by atoms with van der Waals surface area (Å²) >= 11 is 0. The Morgan fingerprint density at radius 1 is 0.656 bits per heavy atom. The molecule has 0 aliphatic rings. The van der Waals surface area contributed by atoms with Gasteiger partial charge in [0.1, 0.15) is 0 Å². The van der Waals surface area contributed by atoms with E-state index in [0.717, 1.165) is 25.7 Å². The average Bonchev–Trinajstić information content (AvgIpc) is 2.80. The molecule has 1 unspecified atom stereocenters. The van der Waals surface area contributed by atoms with E-state index in [1.54, 1.807) is 0 Å². The minimum atomic E-state index is -0.0826. The van der Waals surface area contributed by atoms with Crippen LogP contribution in [0.1, 0.15) is 155 Å². The van der Waals surface area contributed by atoms with E-state index in [4.69, 9.17) is 0 Å². The predicted octanol–water partition coefficient (Wildman–Crippen LogP) is 9.07. The summed E-state index contributed by atoms with van der Waals surface area (Å²) < 4.78 is 4.65. The molecule has 0 saturated heterocycles. The molecule has 0 rings (SSSR count). The van der Waals surface area contributed by atoms with Crippen LogP contribution in [0, 0.1) is 0 Å². The number of carbonyl (C=O) groups excluding carboxylic acids is 1. The topological polar surface area (TPSA) is 46.5 Å². The minimum absolute atomic E-state index is 0.0596. The van der Waals surface area contributed by atoms with Crippen LogP contribution in [0.3, 0.4) is 0 Å². The maximum atomic E-state index is 11.0. The fourth-order valence-electron chi connectivity index (χ4n) is 4.23. The largest absolute Gasteiger partial charge is 0.469 e. The van der Waals surface area contributed by atoms with Gasteiger partial charge in [-0.2, -0.15) is 0 Å². The van der Waals surface area contributed by atoms with Crippen molar-refractivity contribution in [1.82, 2.24) is 0 Å². The first-order valence-corrected chi connectivity index (χ1v) is 14.1. The van der Waals surface area contributed by atoms with E-state index in [2.05, 4.69) is 23.8 Å². The van der Waals surface area contributed by atoms with Gasteiger partial charge < -0.3 is 9.84 Å². The average molecular weight is 453 g/mol. The molecule has 1 atom stereocenters. The maximum absolute atomic E-state index is 11.0. The van der Waals surface area contributed by atoms with E-state index < -0.39 is 0 Å². The van der Waals surface area contributed by atoms with Crippen molar-refractivity contribution in [3.05, 3.63) is 12.2 Å². The Morgan fingerprint density at radius 2 is 1.06 bits per heavy atom. The number of carbonyl (C=O) groups is 1. The molecule has 3 heteroatoms. The second-order valence-corrected chi connectivity index (χ2v) is 9.62. The van der Waals surface area contributed by atoms with Gasteiger partial charge in [0, 0.05) is 6.42 Å². The second kappa shape index (κ2) is 26.4. The number of allylic oxidation sites excluding steroid dienone is 2. The predicted molar refractivity (Wildman–Crippen MR) is 139 cm³/mol. The fraction of sp³-hybridized carbons (Fsp3) is 0.897. The summed E-state index contributed by atoms with van der Waals surface area (Å²) in [6.07, 6.45) is 32.6. The second-order valence-electron chi connectivity index (χ2n) is 9.62. The molecule has 0 aromatic heterocycles. The molecule has 0 aromatic rings. The first-order chi connectivity index (χ1) is 15.7. The standard InChI is InChI=1S/C29H56O3/c1-3-4-5-6-16-19-22-25-28(30)26-23-20-17-14-12-10-8-7-9-11-13-15-18-21-24-27-29(31)32-2/h7,9,28,30H,3-6,8,10-27H2,1-2H3/b9-7-. The van der Waals surface area contributed by atoms with Gasteiger partial charge in [-0.25, -0.2) is 0 Å². The molecule has 0 aromatic carbocycles. The van der Waals surface area contributed by atoms with Crippen LogP contribution in [-0.4, -0.2) is 24.3 Å². The summed E-state index contributed by atoms with van der Waals surface area (Å²) in [5.74, 6) is -0.0826. The number of unbranched alkanes of at least 4 members (excludes halogenated alkanes) is 17. The van der Waals surface area contributed by atoms with Gasteiger partial charge in [0.15, 0.2) is 0 Å². The van der Waals surface area contributed by atoms with Crippen molar-refractivity contribution in [3.8, 4) is 0 Å². The van der Waals surface area contributed by atoms with Crippen LogP contribution < -0.4 is 0 Å². The highest BCUT2D eigenvalue weighted by molar-refractivity contribution is 5.68. The number of hydrogen-bond acceptors (Lipinski definition) is 3. The molecule has 0 heterocycles. The fourth-order valence-corrected chi connectivity index (χ4v) is 4.23. The van der Waals surface area contributed by atoms with Crippen molar-refractivity contribution >= 4 is 5.97 Å². The van der Waals surface area contributed by atoms with Crippen molar-refractivity contribution in [1.29, 1.82) is 0 Å². The lowest BCUT2D eigenvalue weighted by Gasteiger charge is -2.10. The molecule has 0 bridgehead atoms. The zero-order valence-corrected chi connectivity index (χ0v) is 21.8. The van der Waals surface area contributed by atoms with Crippen molar-refractivity contribution < 1.29 is 14.6 Å². The number of rotatable bonds is 25. The Kier molecular flexibility index (Phi) is 25.7. The van der Waals surface area contributed by atoms with Crippen molar-refractivity contribution in [2.45, 2.75) is 161 Å². The van der Waals surface area contributed by atoms with Crippen LogP contribution in [0.4, 0.5) is 0 Å². The molecule has 0 aliphatic heterocycles. The highest BCUT2D eigenvalue weighted by atomic mass is 16.5. The van der Waals surface area contributed by atoms with Crippen molar-refractivity contribution in [2.75, 3.05) is 7.11 Å². The van der Waals surface area contributed by atoms with Gasteiger partial charge in [-0.1, -0.05) is 115 Å². The van der Waals surface area contributed by atoms with Gasteiger partial charge in [-0.3, -0.25) is 4.79 Å². The van der Waals surface area contributed by atoms with Crippen LogP contribution >= 0.6 is 0 Å². The molecule has 0 spiro atoms. The third kappa shape index (κ3) is 25.4. The normalized spacial score (nSPS) is 12.5. The third-order valence-corrected chi connectivity index (χ3v) is 6.45. The number of hydrogen-bond donors (Lipinski definition) is 1. The smallest absolute Gasteiger partial charge is 0.305 e. The van der Waals surface area contributed by atoms with Crippen LogP contribution in [0.25, 0.3) is 0 Å². The quantitative estimate of drug-likeness (QED) is 0.0853. The van der Waals surface area contributed by atoms with E-state index in [-0.39, 0.29) is 12.1 Å². The van der Waals surface area contributed by atoms with Crippen LogP contribution in [0.2, 0.25) is 0 Å². The molecule has 1 N–H and O–H groups in total. The first kappa shape index (κ1) is 31.2. The Labute approximate surface area is 200 Å².